The summed E-state index contributed by atoms with van der Waals surface area (Å²) in [6.07, 6.45) is 3.38. The van der Waals surface area contributed by atoms with Gasteiger partial charge < -0.3 is 9.84 Å². The minimum Gasteiger partial charge on any atom is -0.481 e. The third-order valence-corrected chi connectivity index (χ3v) is 3.21. The summed E-state index contributed by atoms with van der Waals surface area (Å²) < 4.78 is 5.34. The zero-order valence-electron chi connectivity index (χ0n) is 9.89. The van der Waals surface area contributed by atoms with Crippen LogP contribution in [-0.2, 0) is 22.4 Å². The van der Waals surface area contributed by atoms with Crippen LogP contribution in [0.15, 0.2) is 24.3 Å². The van der Waals surface area contributed by atoms with E-state index in [1.165, 1.54) is 5.56 Å². The summed E-state index contributed by atoms with van der Waals surface area (Å²) in [5.74, 6) is -0.0861. The van der Waals surface area contributed by atoms with Gasteiger partial charge in [-0.2, -0.15) is 0 Å². The molecule has 1 N–H and O–H groups in total. The fourth-order valence-electron chi connectivity index (χ4n) is 2.33. The molecule has 0 radical (unpaired) electrons. The molecular formula is C14H18O3. The van der Waals surface area contributed by atoms with E-state index in [0.29, 0.717) is 5.92 Å². The molecule has 92 valence electrons. The van der Waals surface area contributed by atoms with Crippen LogP contribution >= 0.6 is 0 Å². The summed E-state index contributed by atoms with van der Waals surface area (Å²) in [6.45, 7) is 1.72. The summed E-state index contributed by atoms with van der Waals surface area (Å²) in [5.41, 5.74) is 2.14. The topological polar surface area (TPSA) is 46.5 Å². The van der Waals surface area contributed by atoms with E-state index in [0.717, 1.165) is 38.0 Å². The zero-order chi connectivity index (χ0) is 12.1. The second-order valence-electron chi connectivity index (χ2n) is 4.65. The zero-order valence-corrected chi connectivity index (χ0v) is 9.89. The molecule has 0 atom stereocenters. The molecule has 3 nitrogen and oxygen atoms in total. The van der Waals surface area contributed by atoms with Gasteiger partial charge in [-0.25, -0.2) is 0 Å². The van der Waals surface area contributed by atoms with Crippen molar-refractivity contribution in [2.75, 3.05) is 13.2 Å². The van der Waals surface area contributed by atoms with E-state index in [2.05, 4.69) is 6.07 Å². The van der Waals surface area contributed by atoms with Crippen LogP contribution in [0.4, 0.5) is 0 Å². The van der Waals surface area contributed by atoms with Gasteiger partial charge in [0, 0.05) is 13.2 Å². The maximum Gasteiger partial charge on any atom is 0.307 e. The molecule has 0 aromatic heterocycles. The monoisotopic (exact) mass is 234 g/mol. The Morgan fingerprint density at radius 1 is 1.29 bits per heavy atom. The Balaban J connectivity index is 1.97. The van der Waals surface area contributed by atoms with Gasteiger partial charge in [0.05, 0.1) is 6.42 Å². The molecule has 0 saturated carbocycles. The molecule has 2 rings (SSSR count). The number of hydrogen-bond acceptors (Lipinski definition) is 2. The van der Waals surface area contributed by atoms with Gasteiger partial charge in [0.15, 0.2) is 0 Å². The van der Waals surface area contributed by atoms with Gasteiger partial charge in [-0.3, -0.25) is 4.79 Å². The molecule has 3 heteroatoms. The Morgan fingerprint density at radius 3 is 2.71 bits per heavy atom. The predicted octanol–water partition coefficient (Wildman–Crippen LogP) is 2.28. The van der Waals surface area contributed by atoms with Crippen LogP contribution in [0.5, 0.6) is 0 Å². The lowest BCUT2D eigenvalue weighted by molar-refractivity contribution is -0.136. The highest BCUT2D eigenvalue weighted by Gasteiger charge is 2.14. The average Bonchev–Trinajstić information content (AvgIpc) is 2.30. The first kappa shape index (κ1) is 12.1. The second kappa shape index (κ2) is 5.82. The van der Waals surface area contributed by atoms with Crippen LogP contribution in [0.2, 0.25) is 0 Å². The maximum atomic E-state index is 10.7. The van der Waals surface area contributed by atoms with Crippen LogP contribution in [-0.4, -0.2) is 24.3 Å². The molecular weight excluding hydrogens is 216 g/mol. The summed E-state index contributed by atoms with van der Waals surface area (Å²) in [6, 6.07) is 7.93. The standard InChI is InChI=1S/C14H18O3/c15-14(16)10-13-3-1-2-12(9-13)8-11-4-6-17-7-5-11/h1-3,9,11H,4-8,10H2,(H,15,16). The summed E-state index contributed by atoms with van der Waals surface area (Å²) in [5, 5.41) is 8.76. The predicted molar refractivity (Wildman–Crippen MR) is 65.0 cm³/mol. The van der Waals surface area contributed by atoms with Gasteiger partial charge in [-0.1, -0.05) is 24.3 Å². The van der Waals surface area contributed by atoms with Crippen molar-refractivity contribution in [2.24, 2.45) is 5.92 Å². The first-order chi connectivity index (χ1) is 8.24. The Morgan fingerprint density at radius 2 is 2.00 bits per heavy atom. The largest absolute Gasteiger partial charge is 0.481 e. The number of carbonyl (C=O) groups is 1. The fourth-order valence-corrected chi connectivity index (χ4v) is 2.33. The van der Waals surface area contributed by atoms with Crippen molar-refractivity contribution in [3.8, 4) is 0 Å². The van der Waals surface area contributed by atoms with Crippen molar-refractivity contribution >= 4 is 5.97 Å². The number of carboxylic acids is 1. The third kappa shape index (κ3) is 3.86. The van der Waals surface area contributed by atoms with Gasteiger partial charge in [0.25, 0.3) is 0 Å². The first-order valence-corrected chi connectivity index (χ1v) is 6.11. The van der Waals surface area contributed by atoms with Crippen LogP contribution in [0.25, 0.3) is 0 Å². The highest BCUT2D eigenvalue weighted by atomic mass is 16.5. The van der Waals surface area contributed by atoms with Gasteiger partial charge >= 0.3 is 5.97 Å². The minimum atomic E-state index is -0.770. The van der Waals surface area contributed by atoms with Crippen LogP contribution in [0, 0.1) is 5.92 Å². The highest BCUT2D eigenvalue weighted by molar-refractivity contribution is 5.70. The first-order valence-electron chi connectivity index (χ1n) is 6.11. The lowest BCUT2D eigenvalue weighted by Gasteiger charge is -2.22. The molecule has 17 heavy (non-hydrogen) atoms. The Labute approximate surface area is 101 Å². The van der Waals surface area contributed by atoms with Gasteiger partial charge in [0.2, 0.25) is 0 Å². The molecule has 1 aromatic rings. The van der Waals surface area contributed by atoms with E-state index in [9.17, 15) is 4.79 Å². The van der Waals surface area contributed by atoms with Crippen molar-refractivity contribution in [3.05, 3.63) is 35.4 Å². The SMILES string of the molecule is O=C(O)Cc1cccc(CC2CCOCC2)c1. The Hall–Kier alpha value is -1.35. The molecule has 1 saturated heterocycles. The maximum absolute atomic E-state index is 10.7. The molecule has 0 spiro atoms. The number of hydrogen-bond donors (Lipinski definition) is 1. The summed E-state index contributed by atoms with van der Waals surface area (Å²) in [4.78, 5) is 10.7. The summed E-state index contributed by atoms with van der Waals surface area (Å²) >= 11 is 0. The van der Waals surface area contributed by atoms with Crippen molar-refractivity contribution in [1.29, 1.82) is 0 Å². The second-order valence-corrected chi connectivity index (χ2v) is 4.65. The van der Waals surface area contributed by atoms with Crippen molar-refractivity contribution in [2.45, 2.75) is 25.7 Å². The van der Waals surface area contributed by atoms with Gasteiger partial charge in [0.1, 0.15) is 0 Å². The lowest BCUT2D eigenvalue weighted by Crippen LogP contribution is -2.17. The molecule has 0 bridgehead atoms. The number of carboxylic acid groups (broad SMARTS) is 1. The third-order valence-electron chi connectivity index (χ3n) is 3.21. The van der Waals surface area contributed by atoms with E-state index < -0.39 is 5.97 Å². The van der Waals surface area contributed by atoms with E-state index in [1.807, 2.05) is 18.2 Å². The van der Waals surface area contributed by atoms with Crippen molar-refractivity contribution in [1.82, 2.24) is 0 Å². The number of benzene rings is 1. The van der Waals surface area contributed by atoms with Gasteiger partial charge in [-0.05, 0) is 36.3 Å². The summed E-state index contributed by atoms with van der Waals surface area (Å²) in [7, 11) is 0. The van der Waals surface area contributed by atoms with E-state index in [4.69, 9.17) is 9.84 Å². The van der Waals surface area contributed by atoms with Gasteiger partial charge in [-0.15, -0.1) is 0 Å². The highest BCUT2D eigenvalue weighted by Crippen LogP contribution is 2.20. The van der Waals surface area contributed by atoms with E-state index in [1.54, 1.807) is 0 Å². The molecule has 1 fully saturated rings. The quantitative estimate of drug-likeness (QED) is 0.869. The normalized spacial score (nSPS) is 16.9. The Kier molecular flexibility index (Phi) is 4.15. The van der Waals surface area contributed by atoms with Crippen LogP contribution in [0.3, 0.4) is 0 Å². The smallest absolute Gasteiger partial charge is 0.307 e. The number of aliphatic carboxylic acids is 1. The molecule has 1 aliphatic heterocycles. The molecule has 0 unspecified atom stereocenters. The molecule has 1 aliphatic rings. The van der Waals surface area contributed by atoms with E-state index in [-0.39, 0.29) is 6.42 Å². The molecule has 1 aromatic carbocycles. The average molecular weight is 234 g/mol. The minimum absolute atomic E-state index is 0.113. The fraction of sp³-hybridized carbons (Fsp3) is 0.500. The lowest BCUT2D eigenvalue weighted by atomic mass is 9.91. The van der Waals surface area contributed by atoms with Crippen molar-refractivity contribution in [3.63, 3.8) is 0 Å². The molecule has 0 amide bonds. The number of rotatable bonds is 4. The molecule has 0 aliphatic carbocycles. The van der Waals surface area contributed by atoms with Crippen LogP contribution in [0.1, 0.15) is 24.0 Å². The molecule has 1 heterocycles. The van der Waals surface area contributed by atoms with E-state index >= 15 is 0 Å². The number of ether oxygens (including phenoxy) is 1. The Bertz CT molecular complexity index is 381. The van der Waals surface area contributed by atoms with Crippen LogP contribution < -0.4 is 0 Å². The van der Waals surface area contributed by atoms with Crippen molar-refractivity contribution < 1.29 is 14.6 Å².